The van der Waals surface area contributed by atoms with Gasteiger partial charge < -0.3 is 10.2 Å². The Balaban J connectivity index is 1.66. The molecule has 0 atom stereocenters. The summed E-state index contributed by atoms with van der Waals surface area (Å²) in [5, 5.41) is 2.77. The van der Waals surface area contributed by atoms with Crippen molar-refractivity contribution in [2.75, 3.05) is 38.0 Å². The number of fused-ring (bicyclic) bond motifs is 1. The van der Waals surface area contributed by atoms with Crippen LogP contribution < -0.4 is 5.32 Å². The van der Waals surface area contributed by atoms with Crippen LogP contribution in [-0.4, -0.2) is 60.5 Å². The normalized spacial score (nSPS) is 19.2. The zero-order valence-electron chi connectivity index (χ0n) is 13.7. The number of anilines is 1. The maximum atomic E-state index is 12.7. The SMILES string of the molecule is O=C1CCc2cc(C(=O)N3CCCN(CC(F)(F)F)CC3)ccc2N1. The molecule has 1 fully saturated rings. The molecule has 136 valence electrons. The largest absolute Gasteiger partial charge is 0.401 e. The van der Waals surface area contributed by atoms with Gasteiger partial charge in [-0.15, -0.1) is 0 Å². The molecule has 0 aliphatic carbocycles. The highest BCUT2D eigenvalue weighted by Crippen LogP contribution is 2.24. The van der Waals surface area contributed by atoms with Gasteiger partial charge in [0, 0.05) is 43.9 Å². The van der Waals surface area contributed by atoms with Crippen molar-refractivity contribution < 1.29 is 22.8 Å². The molecule has 1 aromatic rings. The number of nitrogens with zero attached hydrogens (tertiary/aromatic N) is 2. The Bertz CT molecular complexity index is 676. The van der Waals surface area contributed by atoms with Crippen molar-refractivity contribution >= 4 is 17.5 Å². The maximum Gasteiger partial charge on any atom is 0.401 e. The molecule has 0 bridgehead atoms. The lowest BCUT2D eigenvalue weighted by atomic mass is 10.00. The fraction of sp³-hybridized carbons (Fsp3) is 0.529. The van der Waals surface area contributed by atoms with Crippen LogP contribution in [0, 0.1) is 0 Å². The minimum atomic E-state index is -4.22. The summed E-state index contributed by atoms with van der Waals surface area (Å²) in [6.45, 7) is 0.336. The molecule has 0 aromatic heterocycles. The van der Waals surface area contributed by atoms with Crippen LogP contribution in [-0.2, 0) is 11.2 Å². The molecular formula is C17H20F3N3O2. The average Bonchev–Trinajstić information content (AvgIpc) is 2.77. The number of hydrogen-bond donors (Lipinski definition) is 1. The molecule has 1 saturated heterocycles. The van der Waals surface area contributed by atoms with E-state index in [9.17, 15) is 22.8 Å². The molecule has 2 heterocycles. The van der Waals surface area contributed by atoms with Gasteiger partial charge in [0.15, 0.2) is 0 Å². The first-order valence-corrected chi connectivity index (χ1v) is 8.33. The minimum Gasteiger partial charge on any atom is -0.337 e. The predicted molar refractivity (Wildman–Crippen MR) is 86.4 cm³/mol. The number of benzene rings is 1. The van der Waals surface area contributed by atoms with Gasteiger partial charge in [0.2, 0.25) is 5.91 Å². The van der Waals surface area contributed by atoms with Crippen LogP contribution in [0.4, 0.5) is 18.9 Å². The van der Waals surface area contributed by atoms with E-state index < -0.39 is 12.7 Å². The van der Waals surface area contributed by atoms with E-state index in [0.717, 1.165) is 11.3 Å². The van der Waals surface area contributed by atoms with Crippen molar-refractivity contribution in [2.24, 2.45) is 0 Å². The van der Waals surface area contributed by atoms with Crippen LogP contribution in [0.2, 0.25) is 0 Å². The van der Waals surface area contributed by atoms with E-state index >= 15 is 0 Å². The molecule has 1 N–H and O–H groups in total. The lowest BCUT2D eigenvalue weighted by molar-refractivity contribution is -0.145. The summed E-state index contributed by atoms with van der Waals surface area (Å²) in [6.07, 6.45) is -2.73. The molecule has 2 aliphatic heterocycles. The Morgan fingerprint density at radius 3 is 2.68 bits per heavy atom. The zero-order valence-corrected chi connectivity index (χ0v) is 13.7. The molecule has 2 aliphatic rings. The highest BCUT2D eigenvalue weighted by molar-refractivity contribution is 5.98. The fourth-order valence-electron chi connectivity index (χ4n) is 3.28. The Morgan fingerprint density at radius 2 is 1.92 bits per heavy atom. The monoisotopic (exact) mass is 355 g/mol. The fourth-order valence-corrected chi connectivity index (χ4v) is 3.28. The van der Waals surface area contributed by atoms with Crippen LogP contribution >= 0.6 is 0 Å². The van der Waals surface area contributed by atoms with Gasteiger partial charge in [-0.25, -0.2) is 0 Å². The van der Waals surface area contributed by atoms with Gasteiger partial charge in [0.1, 0.15) is 0 Å². The second kappa shape index (κ2) is 7.03. The summed E-state index contributed by atoms with van der Waals surface area (Å²) in [4.78, 5) is 27.0. The lowest BCUT2D eigenvalue weighted by Crippen LogP contribution is -2.38. The number of amides is 2. The summed E-state index contributed by atoms with van der Waals surface area (Å²) in [5.41, 5.74) is 2.15. The van der Waals surface area contributed by atoms with E-state index in [1.165, 1.54) is 4.90 Å². The Labute approximate surface area is 143 Å². The van der Waals surface area contributed by atoms with Gasteiger partial charge >= 0.3 is 6.18 Å². The van der Waals surface area contributed by atoms with Crippen LogP contribution in [0.15, 0.2) is 18.2 Å². The van der Waals surface area contributed by atoms with E-state index in [2.05, 4.69) is 5.32 Å². The summed E-state index contributed by atoms with van der Waals surface area (Å²) in [5.74, 6) is -0.211. The van der Waals surface area contributed by atoms with E-state index in [4.69, 9.17) is 0 Å². The summed E-state index contributed by atoms with van der Waals surface area (Å²) < 4.78 is 37.6. The molecular weight excluding hydrogens is 335 g/mol. The summed E-state index contributed by atoms with van der Waals surface area (Å²) in [6, 6.07) is 5.15. The minimum absolute atomic E-state index is 0.0381. The third-order valence-electron chi connectivity index (χ3n) is 4.53. The van der Waals surface area contributed by atoms with Crippen molar-refractivity contribution in [3.05, 3.63) is 29.3 Å². The molecule has 8 heteroatoms. The Morgan fingerprint density at radius 1 is 1.12 bits per heavy atom. The van der Waals surface area contributed by atoms with Gasteiger partial charge in [-0.3, -0.25) is 14.5 Å². The molecule has 0 radical (unpaired) electrons. The van der Waals surface area contributed by atoms with Crippen molar-refractivity contribution in [1.29, 1.82) is 0 Å². The molecule has 0 unspecified atom stereocenters. The van der Waals surface area contributed by atoms with Gasteiger partial charge in [-0.05, 0) is 36.6 Å². The number of carbonyl (C=O) groups excluding carboxylic acids is 2. The second-order valence-corrected chi connectivity index (χ2v) is 6.46. The number of hydrogen-bond acceptors (Lipinski definition) is 3. The van der Waals surface area contributed by atoms with Crippen LogP contribution in [0.5, 0.6) is 0 Å². The van der Waals surface area contributed by atoms with Crippen molar-refractivity contribution in [3.63, 3.8) is 0 Å². The molecule has 25 heavy (non-hydrogen) atoms. The van der Waals surface area contributed by atoms with Crippen molar-refractivity contribution in [2.45, 2.75) is 25.4 Å². The zero-order chi connectivity index (χ0) is 18.0. The predicted octanol–water partition coefficient (Wildman–Crippen LogP) is 2.28. The highest BCUT2D eigenvalue weighted by atomic mass is 19.4. The molecule has 0 saturated carbocycles. The van der Waals surface area contributed by atoms with E-state index in [1.54, 1.807) is 23.1 Å². The molecule has 0 spiro atoms. The van der Waals surface area contributed by atoms with Gasteiger partial charge in [-0.2, -0.15) is 13.2 Å². The van der Waals surface area contributed by atoms with Crippen molar-refractivity contribution in [1.82, 2.24) is 9.80 Å². The summed E-state index contributed by atoms with van der Waals surface area (Å²) >= 11 is 0. The maximum absolute atomic E-state index is 12.7. The summed E-state index contributed by atoms with van der Waals surface area (Å²) in [7, 11) is 0. The van der Waals surface area contributed by atoms with E-state index in [0.29, 0.717) is 37.9 Å². The number of rotatable bonds is 2. The standard InChI is InChI=1S/C17H20F3N3O2/c18-17(19,20)11-22-6-1-7-23(9-8-22)16(25)13-2-4-14-12(10-13)3-5-15(24)21-14/h2,4,10H,1,3,5-9,11H2,(H,21,24). The third-order valence-corrected chi connectivity index (χ3v) is 4.53. The second-order valence-electron chi connectivity index (χ2n) is 6.46. The Kier molecular flexibility index (Phi) is 4.99. The first-order chi connectivity index (χ1) is 11.8. The highest BCUT2D eigenvalue weighted by Gasteiger charge is 2.32. The van der Waals surface area contributed by atoms with E-state index in [-0.39, 0.29) is 24.9 Å². The third kappa shape index (κ3) is 4.50. The average molecular weight is 355 g/mol. The molecule has 1 aromatic carbocycles. The number of aryl methyl sites for hydroxylation is 1. The number of carbonyl (C=O) groups is 2. The topological polar surface area (TPSA) is 52.7 Å². The number of nitrogens with one attached hydrogen (secondary N) is 1. The van der Waals surface area contributed by atoms with Gasteiger partial charge in [0.05, 0.1) is 6.54 Å². The van der Waals surface area contributed by atoms with Crippen molar-refractivity contribution in [3.8, 4) is 0 Å². The lowest BCUT2D eigenvalue weighted by Gasteiger charge is -2.23. The van der Waals surface area contributed by atoms with Crippen LogP contribution in [0.25, 0.3) is 0 Å². The first kappa shape index (κ1) is 17.7. The molecule has 2 amide bonds. The quantitative estimate of drug-likeness (QED) is 0.886. The van der Waals surface area contributed by atoms with Crippen LogP contribution in [0.3, 0.4) is 0 Å². The Hall–Kier alpha value is -2.09. The first-order valence-electron chi connectivity index (χ1n) is 8.33. The van der Waals surface area contributed by atoms with Crippen LogP contribution in [0.1, 0.15) is 28.8 Å². The molecule has 5 nitrogen and oxygen atoms in total. The van der Waals surface area contributed by atoms with E-state index in [1.807, 2.05) is 0 Å². The number of alkyl halides is 3. The van der Waals surface area contributed by atoms with Gasteiger partial charge in [-0.1, -0.05) is 0 Å². The number of halogens is 3. The molecule has 3 rings (SSSR count). The smallest absolute Gasteiger partial charge is 0.337 e. The van der Waals surface area contributed by atoms with Gasteiger partial charge in [0.25, 0.3) is 5.91 Å².